The highest BCUT2D eigenvalue weighted by Gasteiger charge is 2.27. The van der Waals surface area contributed by atoms with Gasteiger partial charge in [0, 0.05) is 26.1 Å². The third kappa shape index (κ3) is 6.49. The predicted octanol–water partition coefficient (Wildman–Crippen LogP) is 5.50. The standard InChI is InChI=1S/C33H35FN2O6/c1-21-26(15-23-16-29(39-2)32(30(17-23)40-3)42-33(38)36-11-13-41-14-12-36)25-10-9-24(34)18-28(25)27(21)19-31(37)35-20-22-7-5-4-6-8-22/h4-10,15-18,31,35,37H,11-14,19-20H2,1-3H3/b26-15-. The number of halogens is 1. The number of rotatable bonds is 9. The third-order valence-electron chi connectivity index (χ3n) is 7.49. The summed E-state index contributed by atoms with van der Waals surface area (Å²) in [6.07, 6.45) is 0.929. The van der Waals surface area contributed by atoms with Gasteiger partial charge in [-0.25, -0.2) is 9.18 Å². The minimum Gasteiger partial charge on any atom is -0.493 e. The molecule has 2 N–H and O–H groups in total. The quantitative estimate of drug-likeness (QED) is 0.326. The molecule has 1 heterocycles. The third-order valence-corrected chi connectivity index (χ3v) is 7.49. The van der Waals surface area contributed by atoms with Crippen LogP contribution in [-0.2, 0) is 11.3 Å². The molecule has 0 radical (unpaired) electrons. The number of ether oxygens (including phenoxy) is 4. The molecular weight excluding hydrogens is 539 g/mol. The smallest absolute Gasteiger partial charge is 0.415 e. The normalized spacial score (nSPS) is 16.4. The van der Waals surface area contributed by atoms with Gasteiger partial charge in [-0.2, -0.15) is 0 Å². The second-order valence-electron chi connectivity index (χ2n) is 10.2. The average molecular weight is 575 g/mol. The van der Waals surface area contributed by atoms with Gasteiger partial charge in [0.15, 0.2) is 11.5 Å². The molecule has 0 aromatic heterocycles. The first-order chi connectivity index (χ1) is 20.4. The summed E-state index contributed by atoms with van der Waals surface area (Å²) >= 11 is 0. The van der Waals surface area contributed by atoms with Gasteiger partial charge in [0.2, 0.25) is 5.75 Å². The van der Waals surface area contributed by atoms with E-state index in [4.69, 9.17) is 18.9 Å². The molecule has 42 heavy (non-hydrogen) atoms. The van der Waals surface area contributed by atoms with E-state index in [2.05, 4.69) is 5.32 Å². The van der Waals surface area contributed by atoms with Crippen LogP contribution in [0, 0.1) is 5.82 Å². The monoisotopic (exact) mass is 574 g/mol. The van der Waals surface area contributed by atoms with Crippen molar-refractivity contribution >= 4 is 23.3 Å². The number of hydrogen-bond donors (Lipinski definition) is 2. The number of amides is 1. The van der Waals surface area contributed by atoms with E-state index in [9.17, 15) is 14.3 Å². The van der Waals surface area contributed by atoms with Crippen LogP contribution in [-0.4, -0.2) is 62.9 Å². The molecule has 3 aromatic carbocycles. The van der Waals surface area contributed by atoms with Gasteiger partial charge in [-0.1, -0.05) is 36.4 Å². The lowest BCUT2D eigenvalue weighted by atomic mass is 10.00. The Hall–Kier alpha value is -4.18. The van der Waals surface area contributed by atoms with Gasteiger partial charge < -0.3 is 29.0 Å². The lowest BCUT2D eigenvalue weighted by Crippen LogP contribution is -2.42. The van der Waals surface area contributed by atoms with Gasteiger partial charge in [0.05, 0.1) is 27.4 Å². The van der Waals surface area contributed by atoms with Gasteiger partial charge in [0.1, 0.15) is 12.0 Å². The number of fused-ring (bicyclic) bond motifs is 1. The highest BCUT2D eigenvalue weighted by molar-refractivity contribution is 6.05. The molecule has 1 fully saturated rings. The molecule has 0 bridgehead atoms. The number of carbonyl (C=O) groups excluding carboxylic acids is 1. The molecule has 1 aliphatic carbocycles. The van der Waals surface area contributed by atoms with Gasteiger partial charge >= 0.3 is 6.09 Å². The summed E-state index contributed by atoms with van der Waals surface area (Å²) in [5.41, 5.74) is 6.08. The molecule has 1 amide bonds. The van der Waals surface area contributed by atoms with E-state index in [0.717, 1.165) is 39.0 Å². The van der Waals surface area contributed by atoms with Crippen LogP contribution in [0.15, 0.2) is 66.2 Å². The van der Waals surface area contributed by atoms with E-state index < -0.39 is 12.3 Å². The Morgan fingerprint density at radius 2 is 1.74 bits per heavy atom. The number of aliphatic hydroxyl groups excluding tert-OH is 1. The minimum atomic E-state index is -0.828. The largest absolute Gasteiger partial charge is 0.493 e. The minimum absolute atomic E-state index is 0.188. The summed E-state index contributed by atoms with van der Waals surface area (Å²) in [4.78, 5) is 14.4. The van der Waals surface area contributed by atoms with Crippen LogP contribution in [0.5, 0.6) is 17.2 Å². The van der Waals surface area contributed by atoms with Crippen LogP contribution in [0.3, 0.4) is 0 Å². The predicted molar refractivity (Wildman–Crippen MR) is 159 cm³/mol. The Morgan fingerprint density at radius 1 is 1.05 bits per heavy atom. The summed E-state index contributed by atoms with van der Waals surface area (Å²) in [5.74, 6) is 0.514. The molecule has 2 aliphatic rings. The van der Waals surface area contributed by atoms with Crippen molar-refractivity contribution in [1.82, 2.24) is 10.2 Å². The molecule has 3 aromatic rings. The lowest BCUT2D eigenvalue weighted by Gasteiger charge is -2.26. The zero-order valence-corrected chi connectivity index (χ0v) is 24.0. The number of nitrogens with one attached hydrogen (secondary N) is 1. The second kappa shape index (κ2) is 13.2. The molecule has 5 rings (SSSR count). The first-order valence-corrected chi connectivity index (χ1v) is 13.9. The van der Waals surface area contributed by atoms with Crippen LogP contribution < -0.4 is 19.5 Å². The van der Waals surface area contributed by atoms with Crippen LogP contribution in [0.2, 0.25) is 0 Å². The summed E-state index contributed by atoms with van der Waals surface area (Å²) in [6, 6.07) is 18.1. The summed E-state index contributed by atoms with van der Waals surface area (Å²) < 4.78 is 36.6. The molecule has 9 heteroatoms. The van der Waals surface area contributed by atoms with E-state index in [1.54, 1.807) is 23.1 Å². The Bertz CT molecular complexity index is 1470. The molecule has 8 nitrogen and oxygen atoms in total. The number of carbonyl (C=O) groups is 1. The molecule has 220 valence electrons. The number of morpholine rings is 1. The first kappa shape index (κ1) is 29.3. The van der Waals surface area contributed by atoms with Crippen molar-refractivity contribution in [3.63, 3.8) is 0 Å². The zero-order chi connectivity index (χ0) is 29.6. The van der Waals surface area contributed by atoms with E-state index in [-0.39, 0.29) is 11.6 Å². The molecule has 1 unspecified atom stereocenters. The summed E-state index contributed by atoms with van der Waals surface area (Å²) in [5, 5.41) is 14.0. The lowest BCUT2D eigenvalue weighted by molar-refractivity contribution is 0.0411. The average Bonchev–Trinajstić information content (AvgIpc) is 3.26. The van der Waals surface area contributed by atoms with Crippen LogP contribution in [0.25, 0.3) is 17.2 Å². The maximum absolute atomic E-state index is 14.4. The van der Waals surface area contributed by atoms with Crippen molar-refractivity contribution in [2.75, 3.05) is 40.5 Å². The number of benzene rings is 3. The van der Waals surface area contributed by atoms with Crippen molar-refractivity contribution in [2.24, 2.45) is 0 Å². The molecule has 1 atom stereocenters. The Balaban J connectivity index is 1.44. The van der Waals surface area contributed by atoms with Crippen molar-refractivity contribution in [1.29, 1.82) is 0 Å². The molecule has 0 saturated carbocycles. The fraction of sp³-hybridized carbons (Fsp3) is 0.303. The van der Waals surface area contributed by atoms with Crippen LogP contribution in [0.4, 0.5) is 9.18 Å². The van der Waals surface area contributed by atoms with Crippen molar-refractivity contribution in [3.8, 4) is 17.2 Å². The fourth-order valence-electron chi connectivity index (χ4n) is 5.26. The number of hydrogen-bond acceptors (Lipinski definition) is 7. The molecule has 1 saturated heterocycles. The van der Waals surface area contributed by atoms with Crippen molar-refractivity contribution in [3.05, 3.63) is 94.3 Å². The highest BCUT2D eigenvalue weighted by Crippen LogP contribution is 2.46. The van der Waals surface area contributed by atoms with Crippen molar-refractivity contribution in [2.45, 2.75) is 26.1 Å². The van der Waals surface area contributed by atoms with E-state index in [1.807, 2.05) is 43.3 Å². The fourth-order valence-corrected chi connectivity index (χ4v) is 5.26. The zero-order valence-electron chi connectivity index (χ0n) is 24.0. The molecule has 1 aliphatic heterocycles. The van der Waals surface area contributed by atoms with Crippen LogP contribution >= 0.6 is 0 Å². The van der Waals surface area contributed by atoms with E-state index >= 15 is 0 Å². The van der Waals surface area contributed by atoms with E-state index in [0.29, 0.717) is 50.8 Å². The van der Waals surface area contributed by atoms with Crippen molar-refractivity contribution < 1.29 is 33.2 Å². The van der Waals surface area contributed by atoms with Gasteiger partial charge in [-0.05, 0) is 76.2 Å². The van der Waals surface area contributed by atoms with Gasteiger partial charge in [-0.15, -0.1) is 0 Å². The number of aliphatic hydroxyl groups is 1. The number of allylic oxidation sites excluding steroid dienone is 2. The molecule has 0 spiro atoms. The Kier molecular flexibility index (Phi) is 9.22. The maximum atomic E-state index is 14.4. The Labute approximate surface area is 245 Å². The SMILES string of the molecule is COc1cc(/C=C2/C(C)=C(CC(O)NCc3ccccc3)c3cc(F)ccc32)cc(OC)c1OC(=O)N1CCOCC1. The second-order valence-corrected chi connectivity index (χ2v) is 10.2. The van der Waals surface area contributed by atoms with E-state index in [1.165, 1.54) is 26.4 Å². The summed E-state index contributed by atoms with van der Waals surface area (Å²) in [6.45, 7) is 4.27. The first-order valence-electron chi connectivity index (χ1n) is 13.9. The highest BCUT2D eigenvalue weighted by atomic mass is 19.1. The number of nitrogens with zero attached hydrogens (tertiary/aromatic N) is 1. The maximum Gasteiger partial charge on any atom is 0.415 e. The van der Waals surface area contributed by atoms with Gasteiger partial charge in [-0.3, -0.25) is 5.32 Å². The van der Waals surface area contributed by atoms with Gasteiger partial charge in [0.25, 0.3) is 0 Å². The van der Waals surface area contributed by atoms with Crippen LogP contribution in [0.1, 0.15) is 35.6 Å². The Morgan fingerprint density at radius 3 is 2.40 bits per heavy atom. The molecular formula is C33H35FN2O6. The summed E-state index contributed by atoms with van der Waals surface area (Å²) in [7, 11) is 3.00. The number of methoxy groups -OCH3 is 2. The topological polar surface area (TPSA) is 89.5 Å².